The van der Waals surface area contributed by atoms with Gasteiger partial charge in [-0.15, -0.1) is 37.7 Å². The molecule has 0 unspecified atom stereocenters. The van der Waals surface area contributed by atoms with E-state index in [1.54, 1.807) is 12.1 Å². The maximum atomic E-state index is 14.3. The Kier molecular flexibility index (Phi) is 9.06. The molecule has 9 aromatic rings. The molecule has 0 amide bonds. The van der Waals surface area contributed by atoms with Gasteiger partial charge in [-0.25, -0.2) is 4.39 Å². The van der Waals surface area contributed by atoms with Gasteiger partial charge < -0.3 is 0 Å². The van der Waals surface area contributed by atoms with Crippen LogP contribution in [0.4, 0.5) is 4.39 Å². The summed E-state index contributed by atoms with van der Waals surface area (Å²) in [5.74, 6) is -0.227. The van der Waals surface area contributed by atoms with Gasteiger partial charge in [0.25, 0.3) is 0 Å². The van der Waals surface area contributed by atoms with Gasteiger partial charge in [-0.2, -0.15) is 0 Å². The molecular formula is C47H30FI3N4. The second-order valence-electron chi connectivity index (χ2n) is 13.1. The highest BCUT2D eigenvalue weighted by Crippen LogP contribution is 2.46. The molecule has 0 aliphatic carbocycles. The average molecular weight is 1050 g/mol. The molecule has 0 radical (unpaired) electrons. The quantitative estimate of drug-likeness (QED) is 0.127. The Hall–Kier alpha value is -4.79. The lowest BCUT2D eigenvalue weighted by atomic mass is 9.99. The third-order valence-corrected chi connectivity index (χ3v) is 35.0. The lowest BCUT2D eigenvalue weighted by Crippen LogP contribution is -2.05. The summed E-state index contributed by atoms with van der Waals surface area (Å²) >= 11 is -4.79. The van der Waals surface area contributed by atoms with E-state index in [0.29, 0.717) is 0 Å². The Balaban J connectivity index is 1.14. The number of fused-ring (bicyclic) bond motifs is 6. The molecule has 1 aliphatic heterocycles. The predicted molar refractivity (Wildman–Crippen MR) is 260 cm³/mol. The van der Waals surface area contributed by atoms with E-state index >= 15 is 0 Å². The Morgan fingerprint density at radius 1 is 0.455 bits per heavy atom. The first-order valence-electron chi connectivity index (χ1n) is 17.5. The molecule has 0 fully saturated rings. The number of hydrogen-bond donors (Lipinski definition) is 0. The molecule has 4 nitrogen and oxygen atoms in total. The first-order chi connectivity index (χ1) is 27.0. The second kappa shape index (κ2) is 14.4. The molecule has 55 heavy (non-hydrogen) atoms. The van der Waals surface area contributed by atoms with E-state index in [-0.39, 0.29) is 5.82 Å². The van der Waals surface area contributed by atoms with Crippen molar-refractivity contribution in [2.45, 2.75) is 0 Å². The van der Waals surface area contributed by atoms with E-state index in [4.69, 9.17) is 19.0 Å². The molecule has 8 heteroatoms. The van der Waals surface area contributed by atoms with Crippen molar-refractivity contribution in [2.24, 2.45) is 0 Å². The molecule has 0 spiro atoms. The molecule has 1 aliphatic rings. The first-order valence-corrected chi connectivity index (χ1v) is 27.0. The van der Waals surface area contributed by atoms with E-state index in [9.17, 15) is 4.39 Å². The highest BCUT2D eigenvalue weighted by Gasteiger charge is 2.20. The summed E-state index contributed by atoms with van der Waals surface area (Å²) in [6.45, 7) is 0. The van der Waals surface area contributed by atoms with E-state index in [1.165, 1.54) is 15.7 Å². The normalized spacial score (nSPS) is 14.1. The van der Waals surface area contributed by atoms with Gasteiger partial charge in [0, 0.05) is 50.9 Å². The number of aromatic nitrogens is 4. The monoisotopic (exact) mass is 1050 g/mol. The molecule has 0 saturated carbocycles. The van der Waals surface area contributed by atoms with Crippen LogP contribution in [-0.4, -0.2) is 33.5 Å². The van der Waals surface area contributed by atoms with Gasteiger partial charge >= 0.3 is 0 Å². The number of benzene rings is 5. The predicted octanol–water partition coefficient (Wildman–Crippen LogP) is 12.0. The van der Waals surface area contributed by atoms with Crippen LogP contribution < -0.4 is 0 Å². The van der Waals surface area contributed by atoms with Crippen molar-refractivity contribution < 1.29 is 4.39 Å². The largest absolute Gasteiger partial charge is 0.254 e. The van der Waals surface area contributed by atoms with Crippen LogP contribution in [0.25, 0.3) is 65.9 Å². The van der Waals surface area contributed by atoms with Gasteiger partial charge in [-0.05, 0) is 87.5 Å². The maximum absolute atomic E-state index is 14.3. The van der Waals surface area contributed by atoms with Crippen molar-refractivity contribution in [3.05, 3.63) is 181 Å². The van der Waals surface area contributed by atoms with Crippen molar-refractivity contribution in [1.82, 2.24) is 19.9 Å². The summed E-state index contributed by atoms with van der Waals surface area (Å²) < 4.78 is 28.7. The number of nitrogens with zero attached hydrogens (tertiary/aromatic N) is 4. The van der Waals surface area contributed by atoms with Crippen molar-refractivity contribution in [3.8, 4) is 22.3 Å². The van der Waals surface area contributed by atoms with E-state index in [1.807, 2.05) is 49.1 Å². The van der Waals surface area contributed by atoms with Crippen molar-refractivity contribution in [1.29, 1.82) is 0 Å². The third kappa shape index (κ3) is 6.18. The lowest BCUT2D eigenvalue weighted by Gasteiger charge is -2.20. The smallest absolute Gasteiger partial charge is 0.123 e. The molecule has 0 atom stereocenters. The standard InChI is InChI=1S/C47H30FI3N4/c1-50-45(34-9-3-7-32(27-34)37-21-25-54-43-39(37)19-15-29-11-5-23-52-41(29)43)49-46(51(2)47(50)31-13-17-36(48)18-14-31)35-10-4-8-33(28-35)38-22-26-55-44-40(38)20-16-30-12-6-24-53-42(30)44/h3-28H,1-2H2. The van der Waals surface area contributed by atoms with Crippen LogP contribution >= 0.6 is 58.5 Å². The summed E-state index contributed by atoms with van der Waals surface area (Å²) in [7, 11) is 0. The molecule has 0 saturated heterocycles. The molecule has 266 valence electrons. The number of hydrogen-bond acceptors (Lipinski definition) is 4. The van der Waals surface area contributed by atoms with Crippen LogP contribution in [-0.2, 0) is 0 Å². The highest BCUT2D eigenvalue weighted by molar-refractivity contribution is 14.4. The van der Waals surface area contributed by atoms with Crippen LogP contribution in [0.1, 0.15) is 16.7 Å². The number of pyridine rings is 4. The van der Waals surface area contributed by atoms with Crippen LogP contribution in [0, 0.1) is 5.82 Å². The van der Waals surface area contributed by atoms with Crippen molar-refractivity contribution in [2.75, 3.05) is 0 Å². The van der Waals surface area contributed by atoms with Crippen LogP contribution in [0.5, 0.6) is 0 Å². The maximum Gasteiger partial charge on any atom is 0.123 e. The van der Waals surface area contributed by atoms with Crippen molar-refractivity contribution in [3.63, 3.8) is 0 Å². The second-order valence-corrected chi connectivity index (χ2v) is 30.4. The highest BCUT2D eigenvalue weighted by atomic mass is 127. The van der Waals surface area contributed by atoms with Crippen LogP contribution in [0.15, 0.2) is 158 Å². The first kappa shape index (κ1) is 34.7. The van der Waals surface area contributed by atoms with E-state index in [0.717, 1.165) is 71.4 Å². The van der Waals surface area contributed by atoms with Gasteiger partial charge in [-0.1, -0.05) is 115 Å². The number of rotatable bonds is 5. The summed E-state index contributed by atoms with van der Waals surface area (Å²) in [5.41, 5.74) is 11.8. The Labute approximate surface area is 339 Å². The molecule has 10 rings (SSSR count). The zero-order valence-electron chi connectivity index (χ0n) is 29.2. The number of halogens is 4. The van der Waals surface area contributed by atoms with Gasteiger partial charge in [0.2, 0.25) is 0 Å². The minimum Gasteiger partial charge on any atom is -0.254 e. The minimum absolute atomic E-state index is 0.227. The molecule has 4 aromatic heterocycles. The third-order valence-electron chi connectivity index (χ3n) is 9.78. The average Bonchev–Trinajstić information content (AvgIpc) is 3.24. The Morgan fingerprint density at radius 3 is 1.58 bits per heavy atom. The fraction of sp³-hybridized carbons (Fsp3) is 0. The van der Waals surface area contributed by atoms with Crippen molar-refractivity contribution >= 4 is 116 Å². The molecular weight excluding hydrogens is 1020 g/mol. The lowest BCUT2D eigenvalue weighted by molar-refractivity contribution is 0.628. The van der Waals surface area contributed by atoms with Gasteiger partial charge in [0.1, 0.15) is 5.82 Å². The van der Waals surface area contributed by atoms with Crippen LogP contribution in [0.2, 0.25) is 0 Å². The summed E-state index contributed by atoms with van der Waals surface area (Å²) in [6.07, 6.45) is 7.44. The van der Waals surface area contributed by atoms with E-state index in [2.05, 4.69) is 107 Å². The zero-order valence-corrected chi connectivity index (χ0v) is 35.7. The SMILES string of the molecule is C=I1=C(c2cccc(-c3ccnc4c3ccc3cccnc34)c2)I=C(c2cccc(-c3ccnc4c3ccc3cccnc34)c2)I(=C)=C1c1ccc(F)cc1. The summed E-state index contributed by atoms with van der Waals surface area (Å²) in [6, 6.07) is 45.9. The topological polar surface area (TPSA) is 51.6 Å². The summed E-state index contributed by atoms with van der Waals surface area (Å²) in [5, 5.41) is 4.32. The van der Waals surface area contributed by atoms with E-state index < -0.39 is 58.5 Å². The molecule has 0 bridgehead atoms. The molecule has 0 N–H and O–H groups in total. The van der Waals surface area contributed by atoms with Crippen LogP contribution in [0.3, 0.4) is 0 Å². The fourth-order valence-electron chi connectivity index (χ4n) is 7.24. The minimum atomic E-state index is -2.11. The Bertz CT molecular complexity index is 3270. The van der Waals surface area contributed by atoms with Gasteiger partial charge in [0.15, 0.2) is 0 Å². The van der Waals surface area contributed by atoms with Gasteiger partial charge in [-0.3, -0.25) is 19.9 Å². The molecule has 5 aromatic carbocycles. The van der Waals surface area contributed by atoms with Gasteiger partial charge in [0.05, 0.1) is 22.1 Å². The summed E-state index contributed by atoms with van der Waals surface area (Å²) in [4.78, 5) is 18.9. The zero-order chi connectivity index (χ0) is 37.0. The fourth-order valence-corrected chi connectivity index (χ4v) is 38.6. The molecule has 5 heterocycles. The Morgan fingerprint density at radius 2 is 0.982 bits per heavy atom.